The van der Waals surface area contributed by atoms with Crippen LogP contribution in [0.15, 0.2) is 90.0 Å². The Labute approximate surface area is 242 Å². The van der Waals surface area contributed by atoms with Crippen molar-refractivity contribution in [1.29, 1.82) is 0 Å². The molecule has 4 aromatic rings. The third-order valence-corrected chi connectivity index (χ3v) is 6.13. The Bertz CT molecular complexity index is 1610. The van der Waals surface area contributed by atoms with E-state index in [0.29, 0.717) is 34.1 Å². The molecule has 0 radical (unpaired) electrons. The summed E-state index contributed by atoms with van der Waals surface area (Å²) in [5.74, 6) is -0.401. The molecule has 42 heavy (non-hydrogen) atoms. The zero-order valence-electron chi connectivity index (χ0n) is 23.5. The van der Waals surface area contributed by atoms with Crippen molar-refractivity contribution in [3.63, 3.8) is 0 Å². The number of rotatable bonds is 10. The first-order valence-electron chi connectivity index (χ1n) is 12.8. The number of aryl methyl sites for hydroxylation is 1. The molecule has 0 aliphatic rings. The highest BCUT2D eigenvalue weighted by molar-refractivity contribution is 6.09. The van der Waals surface area contributed by atoms with Gasteiger partial charge in [0.15, 0.2) is 11.5 Å². The molecule has 0 saturated carbocycles. The van der Waals surface area contributed by atoms with Crippen molar-refractivity contribution in [2.24, 2.45) is 5.10 Å². The fraction of sp³-hybridized carbons (Fsp3) is 0.125. The minimum Gasteiger partial charge on any atom is -0.493 e. The third kappa shape index (κ3) is 6.92. The van der Waals surface area contributed by atoms with Crippen LogP contribution in [0.25, 0.3) is 0 Å². The molecule has 10 nitrogen and oxygen atoms in total. The minimum atomic E-state index is -0.669. The maximum atomic E-state index is 13.0. The molecule has 214 valence electrons. The van der Waals surface area contributed by atoms with E-state index in [-0.39, 0.29) is 22.8 Å². The van der Waals surface area contributed by atoms with E-state index in [1.807, 2.05) is 19.1 Å². The first-order valence-corrected chi connectivity index (χ1v) is 12.8. The number of hydrogen-bond acceptors (Lipinski definition) is 8. The quantitative estimate of drug-likeness (QED) is 0.116. The summed E-state index contributed by atoms with van der Waals surface area (Å²) in [5.41, 5.74) is 5.10. The van der Waals surface area contributed by atoms with Crippen LogP contribution in [0.2, 0.25) is 0 Å². The highest BCUT2D eigenvalue weighted by Gasteiger charge is 2.19. The molecule has 0 spiro atoms. The highest BCUT2D eigenvalue weighted by atomic mass is 16.5. The third-order valence-electron chi connectivity index (χ3n) is 6.13. The molecule has 0 aliphatic carbocycles. The van der Waals surface area contributed by atoms with Gasteiger partial charge in [-0.1, -0.05) is 42.0 Å². The zero-order valence-corrected chi connectivity index (χ0v) is 23.5. The maximum absolute atomic E-state index is 13.0. The lowest BCUT2D eigenvalue weighted by Gasteiger charge is -2.14. The average Bonchev–Trinajstić information content (AvgIpc) is 3.01. The molecule has 0 atom stereocenters. The van der Waals surface area contributed by atoms with Crippen LogP contribution < -0.4 is 29.7 Å². The topological polar surface area (TPSA) is 125 Å². The molecule has 0 saturated heterocycles. The van der Waals surface area contributed by atoms with E-state index in [4.69, 9.17) is 18.9 Å². The molecule has 2 N–H and O–H groups in total. The smallest absolute Gasteiger partial charge is 0.343 e. The van der Waals surface area contributed by atoms with Gasteiger partial charge in [0, 0.05) is 11.1 Å². The molecule has 0 fully saturated rings. The van der Waals surface area contributed by atoms with Crippen LogP contribution in [-0.4, -0.2) is 45.3 Å². The molecule has 0 bridgehead atoms. The Hall–Kier alpha value is -5.64. The van der Waals surface area contributed by atoms with Crippen molar-refractivity contribution >= 4 is 29.7 Å². The van der Waals surface area contributed by atoms with Crippen LogP contribution in [-0.2, 0) is 0 Å². The van der Waals surface area contributed by atoms with E-state index in [2.05, 4.69) is 15.8 Å². The number of ether oxygens (including phenoxy) is 4. The monoisotopic (exact) mass is 567 g/mol. The summed E-state index contributed by atoms with van der Waals surface area (Å²) < 4.78 is 21.5. The van der Waals surface area contributed by atoms with Gasteiger partial charge < -0.3 is 24.3 Å². The van der Waals surface area contributed by atoms with Gasteiger partial charge in [0.2, 0.25) is 5.75 Å². The van der Waals surface area contributed by atoms with Crippen LogP contribution in [0.1, 0.15) is 42.2 Å². The summed E-state index contributed by atoms with van der Waals surface area (Å²) in [6, 6.07) is 23.3. The van der Waals surface area contributed by atoms with Crippen LogP contribution in [0.3, 0.4) is 0 Å². The molecule has 0 aliphatic heterocycles. The van der Waals surface area contributed by atoms with E-state index in [1.54, 1.807) is 60.7 Å². The van der Waals surface area contributed by atoms with Crippen molar-refractivity contribution in [1.82, 2.24) is 5.43 Å². The van der Waals surface area contributed by atoms with E-state index in [0.717, 1.165) is 5.56 Å². The Kier molecular flexibility index (Phi) is 9.52. The number of nitrogens with zero attached hydrogens (tertiary/aromatic N) is 1. The zero-order chi connectivity index (χ0) is 30.1. The lowest BCUT2D eigenvalue weighted by Crippen LogP contribution is -2.21. The van der Waals surface area contributed by atoms with Crippen LogP contribution in [0, 0.1) is 6.92 Å². The molecule has 0 aromatic heterocycles. The predicted molar refractivity (Wildman–Crippen MR) is 158 cm³/mol. The fourth-order valence-electron chi connectivity index (χ4n) is 3.95. The molecule has 4 aromatic carbocycles. The number of methoxy groups -OCH3 is 3. The molecule has 4 rings (SSSR count). The van der Waals surface area contributed by atoms with Crippen LogP contribution in [0.5, 0.6) is 23.0 Å². The van der Waals surface area contributed by atoms with E-state index in [1.165, 1.54) is 39.7 Å². The van der Waals surface area contributed by atoms with Gasteiger partial charge in [-0.2, -0.15) is 5.10 Å². The number of hydrogen-bond donors (Lipinski definition) is 2. The van der Waals surface area contributed by atoms with Gasteiger partial charge in [0.1, 0.15) is 5.75 Å². The Morgan fingerprint density at radius 1 is 0.714 bits per heavy atom. The summed E-state index contributed by atoms with van der Waals surface area (Å²) in [5, 5.41) is 6.81. The standard InChI is InChI=1S/C32H29N3O7/c1-20-13-15-21(16-14-20)30(36)34-25-11-7-6-10-24(25)31(37)35-33-19-22-9-5-8-12-26(22)42-32(38)23-17-27(39-2)29(41-4)28(18-23)40-3/h5-19H,1-4H3,(H,34,36)(H,35,37)/b33-19-. The predicted octanol–water partition coefficient (Wildman–Crippen LogP) is 5.26. The molecule has 0 heterocycles. The maximum Gasteiger partial charge on any atom is 0.343 e. The van der Waals surface area contributed by atoms with Gasteiger partial charge in [-0.05, 0) is 55.5 Å². The van der Waals surface area contributed by atoms with E-state index < -0.39 is 11.9 Å². The molecular formula is C32H29N3O7. The molecular weight excluding hydrogens is 538 g/mol. The first kappa shape index (κ1) is 29.3. The number of para-hydroxylation sites is 2. The number of nitrogens with one attached hydrogen (secondary N) is 2. The number of benzene rings is 4. The van der Waals surface area contributed by atoms with Gasteiger partial charge in [0.25, 0.3) is 11.8 Å². The van der Waals surface area contributed by atoms with Gasteiger partial charge in [-0.3, -0.25) is 9.59 Å². The summed E-state index contributed by atoms with van der Waals surface area (Å²) in [7, 11) is 4.36. The van der Waals surface area contributed by atoms with Gasteiger partial charge in [-0.25, -0.2) is 10.2 Å². The fourth-order valence-corrected chi connectivity index (χ4v) is 3.95. The summed E-state index contributed by atoms with van der Waals surface area (Å²) in [6.45, 7) is 1.93. The Balaban J connectivity index is 1.47. The van der Waals surface area contributed by atoms with Crippen molar-refractivity contribution in [2.45, 2.75) is 6.92 Å². The van der Waals surface area contributed by atoms with Crippen LogP contribution in [0.4, 0.5) is 5.69 Å². The lowest BCUT2D eigenvalue weighted by molar-refractivity contribution is 0.0733. The van der Waals surface area contributed by atoms with Gasteiger partial charge in [-0.15, -0.1) is 0 Å². The Morgan fingerprint density at radius 3 is 2.02 bits per heavy atom. The largest absolute Gasteiger partial charge is 0.493 e. The number of carbonyl (C=O) groups is 3. The second-order valence-corrected chi connectivity index (χ2v) is 8.91. The number of amides is 2. The van der Waals surface area contributed by atoms with Crippen molar-refractivity contribution in [3.05, 3.63) is 113 Å². The molecule has 10 heteroatoms. The molecule has 2 amide bonds. The first-order chi connectivity index (χ1) is 20.3. The van der Waals surface area contributed by atoms with Crippen molar-refractivity contribution < 1.29 is 33.3 Å². The second-order valence-electron chi connectivity index (χ2n) is 8.91. The number of hydrazone groups is 1. The lowest BCUT2D eigenvalue weighted by atomic mass is 10.1. The Morgan fingerprint density at radius 2 is 1.36 bits per heavy atom. The summed E-state index contributed by atoms with van der Waals surface area (Å²) in [6.07, 6.45) is 1.35. The van der Waals surface area contributed by atoms with Crippen molar-refractivity contribution in [3.8, 4) is 23.0 Å². The highest BCUT2D eigenvalue weighted by Crippen LogP contribution is 2.38. The van der Waals surface area contributed by atoms with Gasteiger partial charge >= 0.3 is 5.97 Å². The normalized spacial score (nSPS) is 10.6. The SMILES string of the molecule is COc1cc(C(=O)Oc2ccccc2/C=N\NC(=O)c2ccccc2NC(=O)c2ccc(C)cc2)cc(OC)c1OC. The van der Waals surface area contributed by atoms with Gasteiger partial charge in [0.05, 0.1) is 44.4 Å². The average molecular weight is 568 g/mol. The van der Waals surface area contributed by atoms with E-state index in [9.17, 15) is 14.4 Å². The summed E-state index contributed by atoms with van der Waals surface area (Å²) >= 11 is 0. The number of anilines is 1. The van der Waals surface area contributed by atoms with Crippen LogP contribution >= 0.6 is 0 Å². The van der Waals surface area contributed by atoms with Crippen molar-refractivity contribution in [2.75, 3.05) is 26.6 Å². The minimum absolute atomic E-state index is 0.175. The number of carbonyl (C=O) groups excluding carboxylic acids is 3. The number of esters is 1. The second kappa shape index (κ2) is 13.6. The molecule has 0 unspecified atom stereocenters. The summed E-state index contributed by atoms with van der Waals surface area (Å²) in [4.78, 5) is 38.6. The van der Waals surface area contributed by atoms with E-state index >= 15 is 0 Å².